The Hall–Kier alpha value is -0.660. The summed E-state index contributed by atoms with van der Waals surface area (Å²) in [7, 11) is 0. The molecular weight excluding hydrogens is 580 g/mol. The molecule has 0 aromatic heterocycles. The number of hydrogen-bond acceptors (Lipinski definition) is 10. The van der Waals surface area contributed by atoms with Crippen LogP contribution in [0.2, 0.25) is 0 Å². The van der Waals surface area contributed by atoms with E-state index in [0.29, 0.717) is 19.3 Å². The lowest BCUT2D eigenvalue weighted by Gasteiger charge is -2.72. The SMILES string of the molecule is CC1(C)CC[C@@]2(O)[C@H](C1)C1=CC[C@@H]3[C@@]4(C)C[C@H](O)[C@H](O[C@@H]5O[C@H](CO)[C@@H](O)[C@H](O)[C@H]5O)[C@@](C)(CO)[C@@H]4CC[C@@]3(C)[C@]1(C)C[C@@H]2O. The minimum absolute atomic E-state index is 0.0658. The fourth-order valence-electron chi connectivity index (χ4n) is 12.0. The van der Waals surface area contributed by atoms with Gasteiger partial charge in [0.1, 0.15) is 24.4 Å². The van der Waals surface area contributed by atoms with Crippen molar-refractivity contribution >= 4 is 0 Å². The van der Waals surface area contributed by atoms with E-state index in [1.165, 1.54) is 5.57 Å². The molecule has 0 spiro atoms. The Kier molecular flexibility index (Phi) is 8.30. The fraction of sp³-hybridized carbons (Fsp3) is 0.943. The lowest BCUT2D eigenvalue weighted by molar-refractivity contribution is -0.345. The number of allylic oxidation sites excluding steroid dienone is 1. The molecule has 1 saturated heterocycles. The number of fused-ring (bicyclic) bond motifs is 7. The van der Waals surface area contributed by atoms with Crippen molar-refractivity contribution in [2.45, 2.75) is 148 Å². The predicted molar refractivity (Wildman–Crippen MR) is 164 cm³/mol. The second-order valence-electron chi connectivity index (χ2n) is 17.6. The second-order valence-corrected chi connectivity index (χ2v) is 17.6. The summed E-state index contributed by atoms with van der Waals surface area (Å²) in [5, 5.41) is 87.4. The minimum atomic E-state index is -1.61. The number of aliphatic hydroxyl groups excluding tert-OH is 7. The van der Waals surface area contributed by atoms with Crippen molar-refractivity contribution in [1.29, 1.82) is 0 Å². The molecule has 0 bridgehead atoms. The van der Waals surface area contributed by atoms with Crippen LogP contribution < -0.4 is 0 Å². The van der Waals surface area contributed by atoms with Crippen molar-refractivity contribution in [3.05, 3.63) is 11.6 Å². The monoisotopic (exact) mass is 638 g/mol. The molecule has 10 nitrogen and oxygen atoms in total. The van der Waals surface area contributed by atoms with Crippen LogP contribution in [0.4, 0.5) is 0 Å². The predicted octanol–water partition coefficient (Wildman–Crippen LogP) is 1.63. The highest BCUT2D eigenvalue weighted by molar-refractivity contribution is 5.35. The molecule has 0 aromatic carbocycles. The molecule has 0 aromatic rings. The minimum Gasteiger partial charge on any atom is -0.396 e. The first-order chi connectivity index (χ1) is 20.8. The molecule has 1 heterocycles. The van der Waals surface area contributed by atoms with Crippen LogP contribution in [-0.2, 0) is 9.47 Å². The maximum absolute atomic E-state index is 11.9. The molecular formula is C35H58O10. The third kappa shape index (κ3) is 4.64. The maximum Gasteiger partial charge on any atom is 0.187 e. The number of aliphatic hydroxyl groups is 8. The van der Waals surface area contributed by atoms with E-state index in [4.69, 9.17) is 9.47 Å². The second kappa shape index (κ2) is 10.9. The Morgan fingerprint density at radius 3 is 2.18 bits per heavy atom. The van der Waals surface area contributed by atoms with Crippen molar-refractivity contribution in [3.63, 3.8) is 0 Å². The molecule has 5 aliphatic carbocycles. The van der Waals surface area contributed by atoms with Gasteiger partial charge in [0.15, 0.2) is 6.29 Å². The van der Waals surface area contributed by atoms with Gasteiger partial charge in [-0.3, -0.25) is 0 Å². The first-order valence-electron chi connectivity index (χ1n) is 17.2. The maximum atomic E-state index is 11.9. The lowest BCUT2D eigenvalue weighted by atomic mass is 9.34. The number of hydrogen-bond donors (Lipinski definition) is 8. The summed E-state index contributed by atoms with van der Waals surface area (Å²) in [6.45, 7) is 12.4. The van der Waals surface area contributed by atoms with Gasteiger partial charge in [-0.15, -0.1) is 0 Å². The highest BCUT2D eigenvalue weighted by atomic mass is 16.7. The van der Waals surface area contributed by atoms with Gasteiger partial charge in [-0.1, -0.05) is 53.2 Å². The van der Waals surface area contributed by atoms with Crippen LogP contribution in [-0.4, -0.2) is 109 Å². The van der Waals surface area contributed by atoms with Crippen LogP contribution in [0.15, 0.2) is 11.6 Å². The molecule has 10 heteroatoms. The molecule has 1 aliphatic heterocycles. The third-order valence-corrected chi connectivity index (χ3v) is 14.8. The molecule has 16 atom stereocenters. The molecule has 8 N–H and O–H groups in total. The quantitative estimate of drug-likeness (QED) is 0.167. The number of ether oxygens (including phenoxy) is 2. The van der Waals surface area contributed by atoms with Gasteiger partial charge in [-0.2, -0.15) is 0 Å². The summed E-state index contributed by atoms with van der Waals surface area (Å²) in [6.07, 6.45) is -2.18. The standard InChI is InChI=1S/C35H58O10/c1-30(2)11-12-35(43)19(13-30)18-7-8-23-31(3)14-20(38)28(45-29-27(42)26(41)25(40)21(16-36)44-29)32(4,17-37)22(31)9-10-33(23,5)34(18,6)15-24(35)39/h7,19-29,36-43H,8-17H2,1-6H3/t19-,20+,21-,22-,23-,24+,25-,26+,27-,28+,29+,31+,32+,33-,34-,35-/m1/s1. The van der Waals surface area contributed by atoms with Gasteiger partial charge in [0.25, 0.3) is 0 Å². The van der Waals surface area contributed by atoms with Gasteiger partial charge in [0.2, 0.25) is 0 Å². The van der Waals surface area contributed by atoms with Crippen LogP contribution >= 0.6 is 0 Å². The van der Waals surface area contributed by atoms with E-state index in [1.807, 2.05) is 6.92 Å². The normalized spacial score (nSPS) is 57.6. The first-order valence-corrected chi connectivity index (χ1v) is 17.2. The van der Waals surface area contributed by atoms with E-state index in [9.17, 15) is 40.9 Å². The Bertz CT molecular complexity index is 1180. The lowest BCUT2D eigenvalue weighted by Crippen LogP contribution is -2.70. The van der Waals surface area contributed by atoms with Crippen LogP contribution in [0, 0.1) is 44.8 Å². The Labute approximate surface area is 267 Å². The number of rotatable bonds is 4. The van der Waals surface area contributed by atoms with Gasteiger partial charge in [-0.25, -0.2) is 0 Å². The largest absolute Gasteiger partial charge is 0.396 e. The van der Waals surface area contributed by atoms with Crippen molar-refractivity contribution in [2.75, 3.05) is 13.2 Å². The van der Waals surface area contributed by atoms with Crippen LogP contribution in [0.5, 0.6) is 0 Å². The summed E-state index contributed by atoms with van der Waals surface area (Å²) >= 11 is 0. The molecule has 5 fully saturated rings. The van der Waals surface area contributed by atoms with E-state index >= 15 is 0 Å². The van der Waals surface area contributed by atoms with Gasteiger partial charge in [0, 0.05) is 11.3 Å². The van der Waals surface area contributed by atoms with Crippen molar-refractivity contribution in [3.8, 4) is 0 Å². The van der Waals surface area contributed by atoms with Crippen LogP contribution in [0.1, 0.15) is 92.9 Å². The molecule has 6 rings (SSSR count). The van der Waals surface area contributed by atoms with Crippen molar-refractivity contribution in [2.24, 2.45) is 44.8 Å². The van der Waals surface area contributed by atoms with E-state index in [0.717, 1.165) is 32.1 Å². The molecule has 0 amide bonds. The zero-order valence-electron chi connectivity index (χ0n) is 27.9. The summed E-state index contributed by atoms with van der Waals surface area (Å²) in [6, 6.07) is 0. The molecule has 4 saturated carbocycles. The molecule has 0 unspecified atom stereocenters. The Morgan fingerprint density at radius 1 is 0.844 bits per heavy atom. The zero-order chi connectivity index (χ0) is 33.1. The average Bonchev–Trinajstić information content (AvgIpc) is 2.96. The van der Waals surface area contributed by atoms with Crippen LogP contribution in [0.25, 0.3) is 0 Å². The highest BCUT2D eigenvalue weighted by Crippen LogP contribution is 2.75. The van der Waals surface area contributed by atoms with Gasteiger partial charge in [-0.05, 0) is 84.9 Å². The van der Waals surface area contributed by atoms with E-state index in [-0.39, 0.29) is 40.6 Å². The third-order valence-electron chi connectivity index (χ3n) is 14.8. The van der Waals surface area contributed by atoms with Gasteiger partial charge >= 0.3 is 0 Å². The fourth-order valence-corrected chi connectivity index (χ4v) is 12.0. The summed E-state index contributed by atoms with van der Waals surface area (Å²) in [4.78, 5) is 0. The van der Waals surface area contributed by atoms with E-state index < -0.39 is 72.1 Å². The van der Waals surface area contributed by atoms with Gasteiger partial charge in [0.05, 0.1) is 37.1 Å². The average molecular weight is 639 g/mol. The highest BCUT2D eigenvalue weighted by Gasteiger charge is 2.71. The summed E-state index contributed by atoms with van der Waals surface area (Å²) in [5.74, 6) is -0.0422. The molecule has 45 heavy (non-hydrogen) atoms. The van der Waals surface area contributed by atoms with Crippen molar-refractivity contribution in [1.82, 2.24) is 0 Å². The molecule has 0 radical (unpaired) electrons. The summed E-state index contributed by atoms with van der Waals surface area (Å²) in [5.41, 5.74) is -1.68. The van der Waals surface area contributed by atoms with E-state index in [2.05, 4.69) is 40.7 Å². The van der Waals surface area contributed by atoms with Crippen molar-refractivity contribution < 1.29 is 50.3 Å². The topological polar surface area (TPSA) is 180 Å². The van der Waals surface area contributed by atoms with E-state index in [1.54, 1.807) is 0 Å². The smallest absolute Gasteiger partial charge is 0.187 e. The Morgan fingerprint density at radius 2 is 1.53 bits per heavy atom. The summed E-state index contributed by atoms with van der Waals surface area (Å²) < 4.78 is 11.9. The molecule has 258 valence electrons. The first kappa shape index (κ1) is 34.2. The zero-order valence-corrected chi connectivity index (χ0v) is 27.9. The van der Waals surface area contributed by atoms with Gasteiger partial charge < -0.3 is 50.3 Å². The van der Waals surface area contributed by atoms with Crippen LogP contribution in [0.3, 0.4) is 0 Å². The Balaban J connectivity index is 1.34. The molecule has 6 aliphatic rings.